The third-order valence-corrected chi connectivity index (χ3v) is 5.98. The molecule has 130 valence electrons. The zero-order valence-corrected chi connectivity index (χ0v) is 15.5. The Labute approximate surface area is 151 Å². The molecule has 1 fully saturated rings. The molecule has 4 nitrogen and oxygen atoms in total. The van der Waals surface area contributed by atoms with Gasteiger partial charge in [0.15, 0.2) is 0 Å². The maximum atomic E-state index is 12.7. The van der Waals surface area contributed by atoms with E-state index in [4.69, 9.17) is 4.98 Å². The van der Waals surface area contributed by atoms with Crippen molar-refractivity contribution in [1.29, 1.82) is 0 Å². The van der Waals surface area contributed by atoms with E-state index in [1.165, 1.54) is 18.4 Å². The van der Waals surface area contributed by atoms with Crippen LogP contribution >= 0.6 is 11.3 Å². The first-order chi connectivity index (χ1) is 12.1. The van der Waals surface area contributed by atoms with Gasteiger partial charge < -0.3 is 4.98 Å². The van der Waals surface area contributed by atoms with Crippen LogP contribution in [0, 0.1) is 12.8 Å². The third kappa shape index (κ3) is 3.39. The standard InChI is InChI=1S/C20H23N3OS/c1-13-3-5-15(6-4-13)16-12-25-20-18(16)19(24)21-17(22-20)11-23-9-7-14(2)8-10-23/h3-6,12,14H,7-11H2,1-2H3,(H,21,22,24). The number of aromatic amines is 1. The Kier molecular flexibility index (Phi) is 4.44. The van der Waals surface area contributed by atoms with Crippen molar-refractivity contribution in [2.24, 2.45) is 5.92 Å². The number of nitrogens with one attached hydrogen (secondary N) is 1. The predicted octanol–water partition coefficient (Wildman–Crippen LogP) is 4.19. The van der Waals surface area contributed by atoms with Crippen molar-refractivity contribution in [3.8, 4) is 11.1 Å². The lowest BCUT2D eigenvalue weighted by molar-refractivity contribution is 0.181. The quantitative estimate of drug-likeness (QED) is 0.768. The van der Waals surface area contributed by atoms with Gasteiger partial charge in [-0.1, -0.05) is 36.8 Å². The highest BCUT2D eigenvalue weighted by atomic mass is 32.1. The Hall–Kier alpha value is -1.98. The lowest BCUT2D eigenvalue weighted by atomic mass is 9.99. The van der Waals surface area contributed by atoms with Gasteiger partial charge in [0.05, 0.1) is 11.9 Å². The lowest BCUT2D eigenvalue weighted by Crippen LogP contribution is -2.33. The number of aromatic nitrogens is 2. The average Bonchev–Trinajstić information content (AvgIpc) is 3.02. The van der Waals surface area contributed by atoms with Gasteiger partial charge in [0.25, 0.3) is 5.56 Å². The molecule has 4 rings (SSSR count). The molecule has 3 heterocycles. The maximum Gasteiger partial charge on any atom is 0.260 e. The Morgan fingerprint density at radius 1 is 1.24 bits per heavy atom. The summed E-state index contributed by atoms with van der Waals surface area (Å²) >= 11 is 1.55. The molecule has 1 aliphatic rings. The molecule has 0 unspecified atom stereocenters. The average molecular weight is 353 g/mol. The molecule has 0 radical (unpaired) electrons. The molecule has 25 heavy (non-hydrogen) atoms. The van der Waals surface area contributed by atoms with Crippen LogP contribution < -0.4 is 5.56 Å². The third-order valence-electron chi connectivity index (χ3n) is 5.11. The Morgan fingerprint density at radius 3 is 2.68 bits per heavy atom. The zero-order chi connectivity index (χ0) is 17.4. The number of H-pyrrole nitrogens is 1. The topological polar surface area (TPSA) is 49.0 Å². The number of likely N-dealkylation sites (tertiary alicyclic amines) is 1. The van der Waals surface area contributed by atoms with E-state index in [9.17, 15) is 4.79 Å². The minimum Gasteiger partial charge on any atom is -0.309 e. The van der Waals surface area contributed by atoms with Crippen LogP contribution in [0.1, 0.15) is 31.2 Å². The first-order valence-corrected chi connectivity index (χ1v) is 9.78. The van der Waals surface area contributed by atoms with E-state index < -0.39 is 0 Å². The molecule has 1 N–H and O–H groups in total. The number of rotatable bonds is 3. The first kappa shape index (κ1) is 16.5. The highest BCUT2D eigenvalue weighted by Crippen LogP contribution is 2.31. The SMILES string of the molecule is Cc1ccc(-c2csc3nc(CN4CCC(C)CC4)[nH]c(=O)c23)cc1. The summed E-state index contributed by atoms with van der Waals surface area (Å²) in [6.07, 6.45) is 2.45. The Balaban J connectivity index is 1.65. The van der Waals surface area contributed by atoms with Crippen LogP contribution in [0.2, 0.25) is 0 Å². The molecule has 1 aliphatic heterocycles. The lowest BCUT2D eigenvalue weighted by Gasteiger charge is -2.29. The monoisotopic (exact) mass is 353 g/mol. The number of aryl methyl sites for hydroxylation is 1. The Morgan fingerprint density at radius 2 is 1.96 bits per heavy atom. The van der Waals surface area contributed by atoms with E-state index in [1.807, 2.05) is 5.38 Å². The molecule has 1 saturated heterocycles. The number of nitrogens with zero attached hydrogens (tertiary/aromatic N) is 2. The Bertz CT molecular complexity index is 934. The molecule has 0 saturated carbocycles. The zero-order valence-electron chi connectivity index (χ0n) is 14.7. The van der Waals surface area contributed by atoms with Gasteiger partial charge in [-0.05, 0) is 44.3 Å². The molecule has 3 aromatic rings. The minimum absolute atomic E-state index is 0.0257. The molecule has 1 aromatic carbocycles. The highest BCUT2D eigenvalue weighted by Gasteiger charge is 2.18. The second-order valence-electron chi connectivity index (χ2n) is 7.17. The van der Waals surface area contributed by atoms with Crippen LogP contribution in [0.15, 0.2) is 34.4 Å². The van der Waals surface area contributed by atoms with E-state index in [1.54, 1.807) is 11.3 Å². The minimum atomic E-state index is -0.0257. The fraction of sp³-hybridized carbons (Fsp3) is 0.400. The molecule has 0 amide bonds. The summed E-state index contributed by atoms with van der Waals surface area (Å²) in [5.74, 6) is 1.59. The largest absolute Gasteiger partial charge is 0.309 e. The molecule has 0 bridgehead atoms. The van der Waals surface area contributed by atoms with Crippen LogP contribution in [0.5, 0.6) is 0 Å². The van der Waals surface area contributed by atoms with Gasteiger partial charge in [0.1, 0.15) is 10.7 Å². The number of benzene rings is 1. The summed E-state index contributed by atoms with van der Waals surface area (Å²) in [6, 6.07) is 8.29. The first-order valence-electron chi connectivity index (χ1n) is 8.90. The normalized spacial score (nSPS) is 16.6. The van der Waals surface area contributed by atoms with E-state index in [-0.39, 0.29) is 5.56 Å². The predicted molar refractivity (Wildman–Crippen MR) is 104 cm³/mol. The van der Waals surface area contributed by atoms with Crippen LogP contribution in [-0.2, 0) is 6.54 Å². The van der Waals surface area contributed by atoms with Crippen LogP contribution in [0.25, 0.3) is 21.3 Å². The molecular weight excluding hydrogens is 330 g/mol. The second kappa shape index (κ2) is 6.73. The molecule has 2 aromatic heterocycles. The summed E-state index contributed by atoms with van der Waals surface area (Å²) in [5.41, 5.74) is 3.24. The summed E-state index contributed by atoms with van der Waals surface area (Å²) in [5, 5.41) is 2.76. The smallest absolute Gasteiger partial charge is 0.260 e. The van der Waals surface area contributed by atoms with E-state index >= 15 is 0 Å². The van der Waals surface area contributed by atoms with Crippen LogP contribution in [0.3, 0.4) is 0 Å². The molecule has 0 aliphatic carbocycles. The number of piperidine rings is 1. The second-order valence-corrected chi connectivity index (χ2v) is 8.02. The summed E-state index contributed by atoms with van der Waals surface area (Å²) < 4.78 is 0. The molecular formula is C20H23N3OS. The number of hydrogen-bond donors (Lipinski definition) is 1. The highest BCUT2D eigenvalue weighted by molar-refractivity contribution is 7.17. The van der Waals surface area contributed by atoms with Crippen molar-refractivity contribution in [1.82, 2.24) is 14.9 Å². The van der Waals surface area contributed by atoms with Crippen molar-refractivity contribution in [3.63, 3.8) is 0 Å². The van der Waals surface area contributed by atoms with Gasteiger partial charge in [-0.3, -0.25) is 9.69 Å². The summed E-state index contributed by atoms with van der Waals surface area (Å²) in [4.78, 5) is 23.7. The maximum absolute atomic E-state index is 12.7. The van der Waals surface area contributed by atoms with Gasteiger partial charge in [-0.2, -0.15) is 0 Å². The van der Waals surface area contributed by atoms with E-state index in [2.05, 4.69) is 48.0 Å². The number of fused-ring (bicyclic) bond motifs is 1. The van der Waals surface area contributed by atoms with Crippen molar-refractivity contribution in [2.75, 3.05) is 13.1 Å². The van der Waals surface area contributed by atoms with Crippen molar-refractivity contribution >= 4 is 21.6 Å². The van der Waals surface area contributed by atoms with Gasteiger partial charge in [-0.15, -0.1) is 11.3 Å². The van der Waals surface area contributed by atoms with E-state index in [0.717, 1.165) is 47.3 Å². The van der Waals surface area contributed by atoms with Crippen molar-refractivity contribution in [2.45, 2.75) is 33.2 Å². The number of thiophene rings is 1. The summed E-state index contributed by atoms with van der Waals surface area (Å²) in [6.45, 7) is 7.28. The number of hydrogen-bond acceptors (Lipinski definition) is 4. The van der Waals surface area contributed by atoms with Crippen LogP contribution in [0.4, 0.5) is 0 Å². The fourth-order valence-corrected chi connectivity index (χ4v) is 4.41. The van der Waals surface area contributed by atoms with Crippen LogP contribution in [-0.4, -0.2) is 28.0 Å². The van der Waals surface area contributed by atoms with Gasteiger partial charge in [-0.25, -0.2) is 4.98 Å². The van der Waals surface area contributed by atoms with Crippen molar-refractivity contribution in [3.05, 3.63) is 51.4 Å². The molecule has 0 atom stereocenters. The van der Waals surface area contributed by atoms with Gasteiger partial charge >= 0.3 is 0 Å². The van der Waals surface area contributed by atoms with Gasteiger partial charge in [0, 0.05) is 10.9 Å². The van der Waals surface area contributed by atoms with Crippen molar-refractivity contribution < 1.29 is 0 Å². The molecule has 0 spiro atoms. The van der Waals surface area contributed by atoms with Gasteiger partial charge in [0.2, 0.25) is 0 Å². The fourth-order valence-electron chi connectivity index (χ4n) is 3.45. The molecule has 5 heteroatoms. The van der Waals surface area contributed by atoms with E-state index in [0.29, 0.717) is 5.39 Å². The summed E-state index contributed by atoms with van der Waals surface area (Å²) in [7, 11) is 0.